The lowest BCUT2D eigenvalue weighted by Crippen LogP contribution is -2.11. The zero-order valence-electron chi connectivity index (χ0n) is 10.5. The predicted octanol–water partition coefficient (Wildman–Crippen LogP) is 3.52. The minimum absolute atomic E-state index is 0.282. The molecule has 0 aliphatic rings. The molecule has 106 valence electrons. The molecule has 1 aromatic heterocycles. The van der Waals surface area contributed by atoms with Crippen LogP contribution in [0, 0.1) is 0 Å². The van der Waals surface area contributed by atoms with E-state index in [0.717, 1.165) is 4.47 Å². The third-order valence-corrected chi connectivity index (χ3v) is 3.57. The molecule has 21 heavy (non-hydrogen) atoms. The molecule has 0 aliphatic heterocycles. The van der Waals surface area contributed by atoms with E-state index in [-0.39, 0.29) is 11.6 Å². The second kappa shape index (κ2) is 5.38. The quantitative estimate of drug-likeness (QED) is 0.649. The molecule has 0 aliphatic carbocycles. The Morgan fingerprint density at radius 1 is 1.10 bits per heavy atom. The van der Waals surface area contributed by atoms with E-state index < -0.39 is 0 Å². The first-order valence-electron chi connectivity index (χ1n) is 6.01. The minimum Gasteiger partial charge on any atom is -0.322 e. The van der Waals surface area contributed by atoms with Crippen LogP contribution in [0.1, 0.15) is 10.4 Å². The highest BCUT2D eigenvalue weighted by atomic mass is 79.9. The number of fused-ring (bicyclic) bond motifs is 1. The van der Waals surface area contributed by atoms with Crippen LogP contribution in [-0.4, -0.2) is 15.9 Å². The van der Waals surface area contributed by atoms with Crippen LogP contribution in [0.25, 0.3) is 11.0 Å². The highest BCUT2D eigenvalue weighted by Crippen LogP contribution is 2.21. The van der Waals surface area contributed by atoms with E-state index in [1.165, 1.54) is 0 Å². The zero-order valence-corrected chi connectivity index (χ0v) is 12.9. The second-order valence-corrected chi connectivity index (χ2v) is 5.80. The van der Waals surface area contributed by atoms with Crippen LogP contribution in [0.4, 0.5) is 5.69 Å². The number of halogens is 2. The molecule has 0 unspecified atom stereocenters. The number of benzene rings is 2. The highest BCUT2D eigenvalue weighted by molar-refractivity contribution is 9.10. The summed E-state index contributed by atoms with van der Waals surface area (Å²) in [6.45, 7) is 0. The molecule has 3 aromatic rings. The van der Waals surface area contributed by atoms with Gasteiger partial charge in [0.2, 0.25) is 0 Å². The molecule has 3 rings (SSSR count). The third kappa shape index (κ3) is 3.01. The largest absolute Gasteiger partial charge is 0.323 e. The maximum absolute atomic E-state index is 12.2. The van der Waals surface area contributed by atoms with Gasteiger partial charge < -0.3 is 15.3 Å². The van der Waals surface area contributed by atoms with Crippen LogP contribution in [-0.2, 0) is 0 Å². The Bertz CT molecular complexity index is 880. The summed E-state index contributed by atoms with van der Waals surface area (Å²) in [4.78, 5) is 28.7. The number of rotatable bonds is 2. The smallest absolute Gasteiger partial charge is 0.322 e. The van der Waals surface area contributed by atoms with Gasteiger partial charge in [0.05, 0.1) is 11.0 Å². The number of carbonyl (C=O) groups is 1. The van der Waals surface area contributed by atoms with E-state index >= 15 is 0 Å². The first-order valence-corrected chi connectivity index (χ1v) is 7.18. The summed E-state index contributed by atoms with van der Waals surface area (Å²) in [6.07, 6.45) is 0. The van der Waals surface area contributed by atoms with Gasteiger partial charge in [0.1, 0.15) is 0 Å². The van der Waals surface area contributed by atoms with Gasteiger partial charge in [0, 0.05) is 20.7 Å². The van der Waals surface area contributed by atoms with Gasteiger partial charge in [0.25, 0.3) is 5.91 Å². The number of imidazole rings is 1. The van der Waals surface area contributed by atoms with Crippen molar-refractivity contribution >= 4 is 50.2 Å². The van der Waals surface area contributed by atoms with Gasteiger partial charge in [-0.05, 0) is 36.4 Å². The van der Waals surface area contributed by atoms with Crippen molar-refractivity contribution in [3.05, 3.63) is 61.9 Å². The lowest BCUT2D eigenvalue weighted by atomic mass is 10.2. The van der Waals surface area contributed by atoms with Crippen LogP contribution in [0.2, 0.25) is 5.02 Å². The maximum Gasteiger partial charge on any atom is 0.323 e. The highest BCUT2D eigenvalue weighted by Gasteiger charge is 2.09. The lowest BCUT2D eigenvalue weighted by molar-refractivity contribution is 0.102. The molecule has 3 N–H and O–H groups in total. The molecular formula is C14H9BrClN3O2. The molecular weight excluding hydrogens is 358 g/mol. The number of aromatic nitrogens is 2. The van der Waals surface area contributed by atoms with E-state index in [2.05, 4.69) is 31.2 Å². The summed E-state index contributed by atoms with van der Waals surface area (Å²) >= 11 is 9.22. The first kappa shape index (κ1) is 13.9. The SMILES string of the molecule is O=C(Nc1ccc2[nH]c(=O)[nH]c2c1)c1cc(Cl)cc(Br)c1. The van der Waals surface area contributed by atoms with Crippen molar-refractivity contribution in [2.75, 3.05) is 5.32 Å². The topological polar surface area (TPSA) is 77.8 Å². The molecule has 0 fully saturated rings. The molecule has 0 saturated heterocycles. The Kier molecular flexibility index (Phi) is 3.57. The molecule has 0 atom stereocenters. The number of carbonyl (C=O) groups excluding carboxylic acids is 1. The van der Waals surface area contributed by atoms with Gasteiger partial charge >= 0.3 is 5.69 Å². The van der Waals surface area contributed by atoms with E-state index in [9.17, 15) is 9.59 Å². The predicted molar refractivity (Wildman–Crippen MR) is 86.0 cm³/mol. The van der Waals surface area contributed by atoms with E-state index in [4.69, 9.17) is 11.6 Å². The Hall–Kier alpha value is -2.05. The van der Waals surface area contributed by atoms with Crippen molar-refractivity contribution in [3.8, 4) is 0 Å². The number of nitrogens with one attached hydrogen (secondary N) is 3. The van der Waals surface area contributed by atoms with Gasteiger partial charge in [-0.3, -0.25) is 4.79 Å². The van der Waals surface area contributed by atoms with Gasteiger partial charge in [0.15, 0.2) is 0 Å². The monoisotopic (exact) mass is 365 g/mol. The number of aromatic amines is 2. The Morgan fingerprint density at radius 3 is 2.62 bits per heavy atom. The van der Waals surface area contributed by atoms with Crippen LogP contribution in [0.3, 0.4) is 0 Å². The number of amides is 1. The summed E-state index contributed by atoms with van der Waals surface area (Å²) in [5, 5.41) is 3.23. The second-order valence-electron chi connectivity index (χ2n) is 4.45. The van der Waals surface area contributed by atoms with E-state index in [0.29, 0.717) is 27.3 Å². The lowest BCUT2D eigenvalue weighted by Gasteiger charge is -2.06. The average molecular weight is 367 g/mol. The fraction of sp³-hybridized carbons (Fsp3) is 0. The van der Waals surface area contributed by atoms with Crippen molar-refractivity contribution < 1.29 is 4.79 Å². The fourth-order valence-electron chi connectivity index (χ4n) is 2.00. The number of hydrogen-bond acceptors (Lipinski definition) is 2. The number of H-pyrrole nitrogens is 2. The van der Waals surface area contributed by atoms with Crippen molar-refractivity contribution in [1.82, 2.24) is 9.97 Å². The van der Waals surface area contributed by atoms with Crippen molar-refractivity contribution in [3.63, 3.8) is 0 Å². The summed E-state index contributed by atoms with van der Waals surface area (Å²) in [6, 6.07) is 10.1. The Labute approximate surface area is 132 Å². The molecule has 0 bridgehead atoms. The normalized spacial score (nSPS) is 10.8. The Balaban J connectivity index is 1.90. The maximum atomic E-state index is 12.2. The van der Waals surface area contributed by atoms with Gasteiger partial charge in [-0.15, -0.1) is 0 Å². The molecule has 0 saturated carbocycles. The molecule has 1 amide bonds. The van der Waals surface area contributed by atoms with Crippen molar-refractivity contribution in [1.29, 1.82) is 0 Å². The van der Waals surface area contributed by atoms with Crippen molar-refractivity contribution in [2.45, 2.75) is 0 Å². The summed E-state index contributed by atoms with van der Waals surface area (Å²) < 4.78 is 0.727. The van der Waals surface area contributed by atoms with Crippen LogP contribution < -0.4 is 11.0 Å². The van der Waals surface area contributed by atoms with Crippen LogP contribution in [0.15, 0.2) is 45.7 Å². The molecule has 0 spiro atoms. The Morgan fingerprint density at radius 2 is 1.86 bits per heavy atom. The molecule has 0 radical (unpaired) electrons. The molecule has 5 nitrogen and oxygen atoms in total. The number of anilines is 1. The van der Waals surface area contributed by atoms with Gasteiger partial charge in [-0.25, -0.2) is 4.79 Å². The first-order chi connectivity index (χ1) is 10.0. The fourth-order valence-corrected chi connectivity index (χ4v) is 2.86. The van der Waals surface area contributed by atoms with Gasteiger partial charge in [-0.2, -0.15) is 0 Å². The summed E-state index contributed by atoms with van der Waals surface area (Å²) in [5.41, 5.74) is 2.05. The van der Waals surface area contributed by atoms with E-state index in [1.807, 2.05) is 0 Å². The number of hydrogen-bond donors (Lipinski definition) is 3. The standard InChI is InChI=1S/C14H9BrClN3O2/c15-8-3-7(4-9(16)5-8)13(20)17-10-1-2-11-12(6-10)19-14(21)18-11/h1-6H,(H,17,20)(H2,18,19,21). The average Bonchev–Trinajstić information content (AvgIpc) is 2.77. The van der Waals surface area contributed by atoms with E-state index in [1.54, 1.807) is 36.4 Å². The van der Waals surface area contributed by atoms with Crippen LogP contribution >= 0.6 is 27.5 Å². The van der Waals surface area contributed by atoms with Gasteiger partial charge in [-0.1, -0.05) is 27.5 Å². The third-order valence-electron chi connectivity index (χ3n) is 2.90. The molecule has 7 heteroatoms. The van der Waals surface area contributed by atoms with Crippen molar-refractivity contribution in [2.24, 2.45) is 0 Å². The summed E-state index contributed by atoms with van der Waals surface area (Å²) in [5.74, 6) is -0.282. The molecule has 1 heterocycles. The van der Waals surface area contributed by atoms with Crippen LogP contribution in [0.5, 0.6) is 0 Å². The summed E-state index contributed by atoms with van der Waals surface area (Å²) in [7, 11) is 0. The minimum atomic E-state index is -0.285. The zero-order chi connectivity index (χ0) is 15.0. The molecule has 2 aromatic carbocycles.